The Labute approximate surface area is 88.4 Å². The minimum absolute atomic E-state index is 0.358. The molecule has 1 aliphatic carbocycles. The SMILES string of the molecule is CCC1CCCCC1OC(C)CNC. The highest BCUT2D eigenvalue weighted by Gasteiger charge is 2.25. The van der Waals surface area contributed by atoms with E-state index in [-0.39, 0.29) is 0 Å². The number of nitrogens with one attached hydrogen (secondary N) is 1. The fourth-order valence-electron chi connectivity index (χ4n) is 2.45. The van der Waals surface area contributed by atoms with Gasteiger partial charge in [-0.05, 0) is 32.7 Å². The summed E-state index contributed by atoms with van der Waals surface area (Å²) in [4.78, 5) is 0. The summed E-state index contributed by atoms with van der Waals surface area (Å²) in [6.45, 7) is 5.42. The van der Waals surface area contributed by atoms with Crippen molar-refractivity contribution in [2.24, 2.45) is 5.92 Å². The summed E-state index contributed by atoms with van der Waals surface area (Å²) in [6, 6.07) is 0. The molecule has 0 saturated heterocycles. The van der Waals surface area contributed by atoms with E-state index in [1.807, 2.05) is 7.05 Å². The Bertz CT molecular complexity index is 149. The molecule has 3 unspecified atom stereocenters. The molecule has 84 valence electrons. The normalized spacial score (nSPS) is 30.2. The van der Waals surface area contributed by atoms with Crippen molar-refractivity contribution < 1.29 is 4.74 Å². The lowest BCUT2D eigenvalue weighted by atomic mass is 9.84. The summed E-state index contributed by atoms with van der Waals surface area (Å²) in [6.07, 6.45) is 7.55. The fourth-order valence-corrected chi connectivity index (χ4v) is 2.45. The monoisotopic (exact) mass is 199 g/mol. The average molecular weight is 199 g/mol. The summed E-state index contributed by atoms with van der Waals surface area (Å²) in [5, 5.41) is 3.16. The van der Waals surface area contributed by atoms with E-state index in [1.54, 1.807) is 0 Å². The number of rotatable bonds is 5. The van der Waals surface area contributed by atoms with Crippen LogP contribution in [0.2, 0.25) is 0 Å². The van der Waals surface area contributed by atoms with Crippen molar-refractivity contribution in [3.63, 3.8) is 0 Å². The Morgan fingerprint density at radius 2 is 2.07 bits per heavy atom. The van der Waals surface area contributed by atoms with E-state index >= 15 is 0 Å². The molecule has 1 N–H and O–H groups in total. The van der Waals surface area contributed by atoms with Gasteiger partial charge in [0.15, 0.2) is 0 Å². The van der Waals surface area contributed by atoms with E-state index in [0.29, 0.717) is 12.2 Å². The predicted molar refractivity (Wildman–Crippen MR) is 60.5 cm³/mol. The zero-order valence-electron chi connectivity index (χ0n) is 9.88. The Kier molecular flexibility index (Phi) is 5.49. The molecule has 1 rings (SSSR count). The van der Waals surface area contributed by atoms with E-state index in [4.69, 9.17) is 4.74 Å². The maximum absolute atomic E-state index is 6.07. The highest BCUT2D eigenvalue weighted by Crippen LogP contribution is 2.29. The van der Waals surface area contributed by atoms with Crippen LogP contribution < -0.4 is 5.32 Å². The van der Waals surface area contributed by atoms with E-state index in [1.165, 1.54) is 32.1 Å². The van der Waals surface area contributed by atoms with Gasteiger partial charge in [0.05, 0.1) is 12.2 Å². The first kappa shape index (κ1) is 12.0. The predicted octanol–water partition coefficient (Wildman–Crippen LogP) is 2.58. The van der Waals surface area contributed by atoms with Gasteiger partial charge in [-0.3, -0.25) is 0 Å². The van der Waals surface area contributed by atoms with Crippen molar-refractivity contribution in [2.45, 2.75) is 58.2 Å². The summed E-state index contributed by atoms with van der Waals surface area (Å²) in [5.74, 6) is 0.808. The number of ether oxygens (including phenoxy) is 1. The molecule has 14 heavy (non-hydrogen) atoms. The van der Waals surface area contributed by atoms with Crippen LogP contribution in [0.1, 0.15) is 46.0 Å². The molecule has 1 fully saturated rings. The van der Waals surface area contributed by atoms with Gasteiger partial charge in [-0.25, -0.2) is 0 Å². The molecule has 2 heteroatoms. The van der Waals surface area contributed by atoms with Crippen LogP contribution >= 0.6 is 0 Å². The molecular formula is C12H25NO. The Morgan fingerprint density at radius 1 is 1.36 bits per heavy atom. The standard InChI is InChI=1S/C12H25NO/c1-4-11-7-5-6-8-12(11)14-10(2)9-13-3/h10-13H,4-9H2,1-3H3. The van der Waals surface area contributed by atoms with Crippen LogP contribution in [0.25, 0.3) is 0 Å². The first-order valence-electron chi connectivity index (χ1n) is 6.08. The topological polar surface area (TPSA) is 21.3 Å². The largest absolute Gasteiger partial charge is 0.374 e. The molecule has 0 aliphatic heterocycles. The van der Waals surface area contributed by atoms with Crippen LogP contribution in [-0.2, 0) is 4.74 Å². The first-order valence-corrected chi connectivity index (χ1v) is 6.08. The van der Waals surface area contributed by atoms with Crippen LogP contribution in [0.3, 0.4) is 0 Å². The Balaban J connectivity index is 2.32. The third-order valence-electron chi connectivity index (χ3n) is 3.26. The van der Waals surface area contributed by atoms with Crippen molar-refractivity contribution >= 4 is 0 Å². The smallest absolute Gasteiger partial charge is 0.0675 e. The lowest BCUT2D eigenvalue weighted by Gasteiger charge is -2.33. The van der Waals surface area contributed by atoms with Gasteiger partial charge in [0.25, 0.3) is 0 Å². The number of hydrogen-bond acceptors (Lipinski definition) is 2. The van der Waals surface area contributed by atoms with Gasteiger partial charge in [-0.15, -0.1) is 0 Å². The zero-order valence-corrected chi connectivity index (χ0v) is 9.88. The first-order chi connectivity index (χ1) is 6.77. The van der Waals surface area contributed by atoms with E-state index in [2.05, 4.69) is 19.2 Å². The van der Waals surface area contributed by atoms with Crippen molar-refractivity contribution in [3.05, 3.63) is 0 Å². The van der Waals surface area contributed by atoms with Crippen LogP contribution in [0.4, 0.5) is 0 Å². The summed E-state index contributed by atoms with van der Waals surface area (Å²) >= 11 is 0. The third-order valence-corrected chi connectivity index (χ3v) is 3.26. The molecule has 0 radical (unpaired) electrons. The maximum Gasteiger partial charge on any atom is 0.0675 e. The van der Waals surface area contributed by atoms with E-state index < -0.39 is 0 Å². The molecular weight excluding hydrogens is 174 g/mol. The van der Waals surface area contributed by atoms with Crippen molar-refractivity contribution in [1.29, 1.82) is 0 Å². The number of likely N-dealkylation sites (N-methyl/N-ethyl adjacent to an activating group) is 1. The number of hydrogen-bond donors (Lipinski definition) is 1. The van der Waals surface area contributed by atoms with Gasteiger partial charge in [-0.2, -0.15) is 0 Å². The minimum atomic E-state index is 0.358. The summed E-state index contributed by atoms with van der Waals surface area (Å²) in [7, 11) is 1.98. The fraction of sp³-hybridized carbons (Fsp3) is 1.00. The quantitative estimate of drug-likeness (QED) is 0.735. The second-order valence-corrected chi connectivity index (χ2v) is 4.50. The van der Waals surface area contributed by atoms with Crippen molar-refractivity contribution in [2.75, 3.05) is 13.6 Å². The van der Waals surface area contributed by atoms with Crippen LogP contribution in [0.5, 0.6) is 0 Å². The van der Waals surface area contributed by atoms with E-state index in [9.17, 15) is 0 Å². The molecule has 0 spiro atoms. The molecule has 1 aliphatic rings. The molecule has 3 atom stereocenters. The summed E-state index contributed by atoms with van der Waals surface area (Å²) < 4.78 is 6.07. The molecule has 2 nitrogen and oxygen atoms in total. The van der Waals surface area contributed by atoms with Gasteiger partial charge in [-0.1, -0.05) is 26.2 Å². The van der Waals surface area contributed by atoms with Gasteiger partial charge in [0.1, 0.15) is 0 Å². The molecule has 0 aromatic rings. The van der Waals surface area contributed by atoms with Gasteiger partial charge in [0.2, 0.25) is 0 Å². The van der Waals surface area contributed by atoms with Crippen molar-refractivity contribution in [1.82, 2.24) is 5.32 Å². The molecule has 1 saturated carbocycles. The van der Waals surface area contributed by atoms with Gasteiger partial charge in [0, 0.05) is 6.54 Å². The highest BCUT2D eigenvalue weighted by molar-refractivity contribution is 4.76. The Morgan fingerprint density at radius 3 is 2.71 bits per heavy atom. The lowest BCUT2D eigenvalue weighted by molar-refractivity contribution is -0.0515. The second-order valence-electron chi connectivity index (χ2n) is 4.50. The van der Waals surface area contributed by atoms with Crippen molar-refractivity contribution in [3.8, 4) is 0 Å². The molecule has 0 bridgehead atoms. The molecule has 0 heterocycles. The highest BCUT2D eigenvalue weighted by atomic mass is 16.5. The molecule has 0 aromatic heterocycles. The van der Waals surface area contributed by atoms with Gasteiger partial charge >= 0.3 is 0 Å². The van der Waals surface area contributed by atoms with E-state index in [0.717, 1.165) is 12.5 Å². The average Bonchev–Trinajstić information content (AvgIpc) is 2.19. The third kappa shape index (κ3) is 3.58. The Hall–Kier alpha value is -0.0800. The molecule has 0 amide bonds. The zero-order chi connectivity index (χ0) is 10.4. The maximum atomic E-state index is 6.07. The summed E-state index contributed by atoms with van der Waals surface area (Å²) in [5.41, 5.74) is 0. The second kappa shape index (κ2) is 6.41. The minimum Gasteiger partial charge on any atom is -0.374 e. The van der Waals surface area contributed by atoms with Crippen LogP contribution in [-0.4, -0.2) is 25.8 Å². The molecule has 0 aromatic carbocycles. The van der Waals surface area contributed by atoms with Crippen LogP contribution in [0.15, 0.2) is 0 Å². The lowest BCUT2D eigenvalue weighted by Crippen LogP contribution is -2.34. The van der Waals surface area contributed by atoms with Gasteiger partial charge < -0.3 is 10.1 Å². The van der Waals surface area contributed by atoms with Crippen LogP contribution in [0, 0.1) is 5.92 Å².